The van der Waals surface area contributed by atoms with Gasteiger partial charge in [-0.3, -0.25) is 10.1 Å². The van der Waals surface area contributed by atoms with E-state index in [1.807, 2.05) is 6.07 Å². The van der Waals surface area contributed by atoms with Gasteiger partial charge in [0.15, 0.2) is 0 Å². The number of nitrogen functional groups attached to an aromatic ring is 1. The maximum atomic E-state index is 10.9. The van der Waals surface area contributed by atoms with Crippen LogP contribution in [0.25, 0.3) is 0 Å². The molecule has 0 heterocycles. The van der Waals surface area contributed by atoms with Crippen molar-refractivity contribution in [2.75, 3.05) is 5.73 Å². The van der Waals surface area contributed by atoms with Crippen molar-refractivity contribution in [3.8, 4) is 0 Å². The zero-order valence-electron chi connectivity index (χ0n) is 9.88. The predicted molar refractivity (Wildman–Crippen MR) is 78.5 cm³/mol. The van der Waals surface area contributed by atoms with E-state index in [0.29, 0.717) is 22.0 Å². The average molecular weight is 295 g/mol. The summed E-state index contributed by atoms with van der Waals surface area (Å²) in [7, 11) is 0. The van der Waals surface area contributed by atoms with Crippen LogP contribution in [0.3, 0.4) is 0 Å². The van der Waals surface area contributed by atoms with Gasteiger partial charge in [0.1, 0.15) is 0 Å². The summed E-state index contributed by atoms with van der Waals surface area (Å²) in [5.41, 5.74) is 7.01. The SMILES string of the molecule is Nc1ccc(SCc2ccccc2[N+](=O)[O-])c(Cl)c1. The van der Waals surface area contributed by atoms with Gasteiger partial charge in [0.05, 0.1) is 9.95 Å². The molecular formula is C13H11ClN2O2S. The first-order chi connectivity index (χ1) is 9.08. The molecule has 0 amide bonds. The van der Waals surface area contributed by atoms with Gasteiger partial charge in [-0.05, 0) is 18.2 Å². The van der Waals surface area contributed by atoms with E-state index < -0.39 is 0 Å². The van der Waals surface area contributed by atoms with Crippen LogP contribution in [0.1, 0.15) is 5.56 Å². The molecule has 98 valence electrons. The topological polar surface area (TPSA) is 69.2 Å². The second-order valence-electron chi connectivity index (χ2n) is 3.86. The van der Waals surface area contributed by atoms with Gasteiger partial charge >= 0.3 is 0 Å². The van der Waals surface area contributed by atoms with Crippen molar-refractivity contribution in [2.45, 2.75) is 10.6 Å². The number of nitro benzene ring substituents is 1. The number of thioether (sulfide) groups is 1. The Morgan fingerprint density at radius 2 is 2.00 bits per heavy atom. The number of nitrogens with two attached hydrogens (primary N) is 1. The quantitative estimate of drug-likeness (QED) is 0.398. The summed E-state index contributed by atoms with van der Waals surface area (Å²) >= 11 is 7.51. The lowest BCUT2D eigenvalue weighted by molar-refractivity contribution is -0.385. The molecule has 0 spiro atoms. The highest BCUT2D eigenvalue weighted by atomic mass is 35.5. The van der Waals surface area contributed by atoms with Gasteiger partial charge in [0, 0.05) is 28.0 Å². The van der Waals surface area contributed by atoms with Crippen LogP contribution < -0.4 is 5.73 Å². The summed E-state index contributed by atoms with van der Waals surface area (Å²) in [5, 5.41) is 11.5. The zero-order valence-corrected chi connectivity index (χ0v) is 11.4. The van der Waals surface area contributed by atoms with E-state index in [4.69, 9.17) is 17.3 Å². The molecule has 0 radical (unpaired) electrons. The molecule has 0 saturated carbocycles. The number of nitro groups is 1. The Bertz CT molecular complexity index is 619. The van der Waals surface area contributed by atoms with Crippen molar-refractivity contribution in [3.63, 3.8) is 0 Å². The number of hydrogen-bond acceptors (Lipinski definition) is 4. The first-order valence-electron chi connectivity index (χ1n) is 5.48. The minimum absolute atomic E-state index is 0.126. The van der Waals surface area contributed by atoms with Gasteiger partial charge in [0.25, 0.3) is 5.69 Å². The number of benzene rings is 2. The van der Waals surface area contributed by atoms with E-state index >= 15 is 0 Å². The Morgan fingerprint density at radius 1 is 1.26 bits per heavy atom. The molecular weight excluding hydrogens is 284 g/mol. The molecule has 0 aliphatic heterocycles. The van der Waals surface area contributed by atoms with Gasteiger partial charge in [-0.2, -0.15) is 0 Å². The second-order valence-corrected chi connectivity index (χ2v) is 5.29. The molecule has 2 aromatic carbocycles. The van der Waals surface area contributed by atoms with E-state index in [1.165, 1.54) is 17.8 Å². The summed E-state index contributed by atoms with van der Waals surface area (Å²) in [5.74, 6) is 0.487. The molecule has 2 rings (SSSR count). The van der Waals surface area contributed by atoms with Crippen molar-refractivity contribution in [3.05, 3.63) is 63.2 Å². The fraction of sp³-hybridized carbons (Fsp3) is 0.0769. The number of rotatable bonds is 4. The monoisotopic (exact) mass is 294 g/mol. The number of hydrogen-bond donors (Lipinski definition) is 1. The molecule has 19 heavy (non-hydrogen) atoms. The number of nitrogens with zero attached hydrogens (tertiary/aromatic N) is 1. The molecule has 0 fully saturated rings. The van der Waals surface area contributed by atoms with Crippen LogP contribution in [-0.2, 0) is 5.75 Å². The van der Waals surface area contributed by atoms with Crippen LogP contribution >= 0.6 is 23.4 Å². The zero-order chi connectivity index (χ0) is 13.8. The Kier molecular flexibility index (Phi) is 4.29. The first-order valence-corrected chi connectivity index (χ1v) is 6.84. The third-order valence-electron chi connectivity index (χ3n) is 2.53. The predicted octanol–water partition coefficient (Wildman–Crippen LogP) is 4.12. The van der Waals surface area contributed by atoms with Crippen molar-refractivity contribution < 1.29 is 4.92 Å². The highest BCUT2D eigenvalue weighted by Crippen LogP contribution is 2.33. The third kappa shape index (κ3) is 3.39. The number of anilines is 1. The fourth-order valence-corrected chi connectivity index (χ4v) is 2.87. The van der Waals surface area contributed by atoms with Crippen LogP contribution in [0.15, 0.2) is 47.4 Å². The molecule has 0 bridgehead atoms. The van der Waals surface area contributed by atoms with Crippen LogP contribution in [0, 0.1) is 10.1 Å². The summed E-state index contributed by atoms with van der Waals surface area (Å²) in [4.78, 5) is 11.4. The summed E-state index contributed by atoms with van der Waals surface area (Å²) < 4.78 is 0. The van der Waals surface area contributed by atoms with Crippen molar-refractivity contribution in [1.82, 2.24) is 0 Å². The highest BCUT2D eigenvalue weighted by molar-refractivity contribution is 7.98. The van der Waals surface area contributed by atoms with E-state index in [1.54, 1.807) is 30.3 Å². The van der Waals surface area contributed by atoms with Gasteiger partial charge in [-0.25, -0.2) is 0 Å². The Labute approximate surface area is 119 Å². The molecule has 0 aromatic heterocycles. The molecule has 0 unspecified atom stereocenters. The van der Waals surface area contributed by atoms with E-state index in [9.17, 15) is 10.1 Å². The molecule has 0 aliphatic carbocycles. The average Bonchev–Trinajstić information content (AvgIpc) is 2.38. The molecule has 0 atom stereocenters. The van der Waals surface area contributed by atoms with Crippen molar-refractivity contribution >= 4 is 34.7 Å². The lowest BCUT2D eigenvalue weighted by Crippen LogP contribution is -1.93. The Morgan fingerprint density at radius 3 is 2.68 bits per heavy atom. The lowest BCUT2D eigenvalue weighted by Gasteiger charge is -2.05. The summed E-state index contributed by atoms with van der Waals surface area (Å²) in [6.07, 6.45) is 0. The highest BCUT2D eigenvalue weighted by Gasteiger charge is 2.12. The Hall–Kier alpha value is -1.72. The summed E-state index contributed by atoms with van der Waals surface area (Å²) in [6.45, 7) is 0. The second kappa shape index (κ2) is 5.95. The summed E-state index contributed by atoms with van der Waals surface area (Å²) in [6, 6.07) is 11.9. The smallest absolute Gasteiger partial charge is 0.273 e. The number of halogens is 1. The van der Waals surface area contributed by atoms with Crippen LogP contribution in [0.2, 0.25) is 5.02 Å². The maximum absolute atomic E-state index is 10.9. The van der Waals surface area contributed by atoms with E-state index in [2.05, 4.69) is 0 Å². The van der Waals surface area contributed by atoms with Crippen molar-refractivity contribution in [1.29, 1.82) is 0 Å². The van der Waals surface area contributed by atoms with Gasteiger partial charge in [0.2, 0.25) is 0 Å². The van der Waals surface area contributed by atoms with Crippen molar-refractivity contribution in [2.24, 2.45) is 0 Å². The molecule has 6 heteroatoms. The maximum Gasteiger partial charge on any atom is 0.273 e. The normalized spacial score (nSPS) is 10.4. The lowest BCUT2D eigenvalue weighted by atomic mass is 10.2. The third-order valence-corrected chi connectivity index (χ3v) is 4.07. The number of para-hydroxylation sites is 1. The molecule has 4 nitrogen and oxygen atoms in total. The van der Waals surface area contributed by atoms with E-state index in [-0.39, 0.29) is 10.6 Å². The van der Waals surface area contributed by atoms with Gasteiger partial charge < -0.3 is 5.73 Å². The van der Waals surface area contributed by atoms with Crippen LogP contribution in [-0.4, -0.2) is 4.92 Å². The molecule has 0 saturated heterocycles. The van der Waals surface area contributed by atoms with E-state index in [0.717, 1.165) is 4.90 Å². The fourth-order valence-electron chi connectivity index (χ4n) is 1.60. The largest absolute Gasteiger partial charge is 0.399 e. The van der Waals surface area contributed by atoms with Gasteiger partial charge in [-0.15, -0.1) is 11.8 Å². The molecule has 0 aliphatic rings. The molecule has 2 N–H and O–H groups in total. The standard InChI is InChI=1S/C13H11ClN2O2S/c14-11-7-10(15)5-6-13(11)19-8-9-3-1-2-4-12(9)16(17)18/h1-7H,8,15H2. The Balaban J connectivity index is 2.17. The van der Waals surface area contributed by atoms with Gasteiger partial charge in [-0.1, -0.05) is 29.8 Å². The minimum atomic E-state index is -0.375. The molecule has 2 aromatic rings. The minimum Gasteiger partial charge on any atom is -0.399 e. The van der Waals surface area contributed by atoms with Crippen LogP contribution in [0.5, 0.6) is 0 Å². The first kappa shape index (κ1) is 13.7. The van der Waals surface area contributed by atoms with Crippen LogP contribution in [0.4, 0.5) is 11.4 Å².